The van der Waals surface area contributed by atoms with Gasteiger partial charge in [-0.15, -0.1) is 11.3 Å². The Morgan fingerprint density at radius 1 is 1.64 bits per heavy atom. The molecule has 0 amide bonds. The SMILES string of the molecule is CC1(C)CC1CNCc1cc(Cl)cs1. The summed E-state index contributed by atoms with van der Waals surface area (Å²) in [6.07, 6.45) is 1.37. The lowest BCUT2D eigenvalue weighted by molar-refractivity contribution is 0.521. The number of hydrogen-bond acceptors (Lipinski definition) is 2. The molecule has 1 nitrogen and oxygen atoms in total. The van der Waals surface area contributed by atoms with E-state index in [1.807, 2.05) is 11.4 Å². The second kappa shape index (κ2) is 3.84. The average Bonchev–Trinajstić information content (AvgIpc) is 2.53. The zero-order valence-corrected chi connectivity index (χ0v) is 10.2. The summed E-state index contributed by atoms with van der Waals surface area (Å²) in [6.45, 7) is 6.77. The fourth-order valence-electron chi connectivity index (χ4n) is 1.74. The van der Waals surface area contributed by atoms with Gasteiger partial charge >= 0.3 is 0 Å². The van der Waals surface area contributed by atoms with Gasteiger partial charge in [-0.05, 0) is 30.4 Å². The van der Waals surface area contributed by atoms with E-state index in [1.54, 1.807) is 11.3 Å². The average molecular weight is 230 g/mol. The zero-order chi connectivity index (χ0) is 10.2. The van der Waals surface area contributed by atoms with E-state index >= 15 is 0 Å². The molecule has 1 heterocycles. The minimum Gasteiger partial charge on any atom is -0.312 e. The number of hydrogen-bond donors (Lipinski definition) is 1. The molecule has 1 aromatic heterocycles. The summed E-state index contributed by atoms with van der Waals surface area (Å²) in [5, 5.41) is 6.33. The first-order valence-electron chi connectivity index (χ1n) is 5.01. The van der Waals surface area contributed by atoms with Crippen LogP contribution in [-0.4, -0.2) is 6.54 Å². The van der Waals surface area contributed by atoms with Gasteiger partial charge in [0.1, 0.15) is 0 Å². The van der Waals surface area contributed by atoms with Gasteiger partial charge in [-0.25, -0.2) is 0 Å². The lowest BCUT2D eigenvalue weighted by atomic mass is 10.1. The Bertz CT molecular complexity index is 319. The molecule has 14 heavy (non-hydrogen) atoms. The Hall–Kier alpha value is -0.0500. The maximum atomic E-state index is 5.84. The zero-order valence-electron chi connectivity index (χ0n) is 8.64. The van der Waals surface area contributed by atoms with Crippen LogP contribution in [0.2, 0.25) is 5.02 Å². The minimum atomic E-state index is 0.583. The van der Waals surface area contributed by atoms with Crippen LogP contribution in [0, 0.1) is 11.3 Å². The highest BCUT2D eigenvalue weighted by Gasteiger charge is 2.44. The van der Waals surface area contributed by atoms with Crippen molar-refractivity contribution in [2.24, 2.45) is 11.3 Å². The predicted molar refractivity (Wildman–Crippen MR) is 62.9 cm³/mol. The predicted octanol–water partition coefficient (Wildman–Crippen LogP) is 3.54. The van der Waals surface area contributed by atoms with Crippen LogP contribution in [0.1, 0.15) is 25.1 Å². The second-order valence-corrected chi connectivity index (χ2v) is 6.18. The van der Waals surface area contributed by atoms with Crippen molar-refractivity contribution < 1.29 is 0 Å². The molecule has 1 aliphatic carbocycles. The third kappa shape index (κ3) is 2.50. The maximum Gasteiger partial charge on any atom is 0.0516 e. The summed E-state index contributed by atoms with van der Waals surface area (Å²) in [5.74, 6) is 0.873. The highest BCUT2D eigenvalue weighted by molar-refractivity contribution is 7.10. The van der Waals surface area contributed by atoms with Crippen LogP contribution in [0.3, 0.4) is 0 Å². The molecule has 0 spiro atoms. The molecule has 0 aromatic carbocycles. The molecule has 1 N–H and O–H groups in total. The molecule has 3 heteroatoms. The molecule has 0 radical (unpaired) electrons. The van der Waals surface area contributed by atoms with Gasteiger partial charge < -0.3 is 5.32 Å². The molecular formula is C11H16ClNS. The van der Waals surface area contributed by atoms with E-state index < -0.39 is 0 Å². The van der Waals surface area contributed by atoms with E-state index in [0.717, 1.165) is 24.0 Å². The Labute approximate surface area is 94.5 Å². The molecule has 0 saturated heterocycles. The number of rotatable bonds is 4. The maximum absolute atomic E-state index is 5.84. The first-order valence-corrected chi connectivity index (χ1v) is 6.27. The van der Waals surface area contributed by atoms with Crippen LogP contribution < -0.4 is 5.32 Å². The van der Waals surface area contributed by atoms with Crippen molar-refractivity contribution in [3.05, 3.63) is 21.3 Å². The van der Waals surface area contributed by atoms with Gasteiger partial charge in [0, 0.05) is 16.8 Å². The fraction of sp³-hybridized carbons (Fsp3) is 0.636. The van der Waals surface area contributed by atoms with Gasteiger partial charge in [-0.3, -0.25) is 0 Å². The van der Waals surface area contributed by atoms with Crippen molar-refractivity contribution in [3.8, 4) is 0 Å². The Balaban J connectivity index is 1.69. The van der Waals surface area contributed by atoms with Crippen LogP contribution in [0.4, 0.5) is 0 Å². The quantitative estimate of drug-likeness (QED) is 0.833. The van der Waals surface area contributed by atoms with Gasteiger partial charge in [0.2, 0.25) is 0 Å². The molecule has 1 saturated carbocycles. The van der Waals surface area contributed by atoms with E-state index in [9.17, 15) is 0 Å². The molecule has 1 unspecified atom stereocenters. The number of nitrogens with one attached hydrogen (secondary N) is 1. The summed E-state index contributed by atoms with van der Waals surface area (Å²) in [7, 11) is 0. The Morgan fingerprint density at radius 2 is 2.36 bits per heavy atom. The molecule has 0 bridgehead atoms. The second-order valence-electron chi connectivity index (χ2n) is 4.75. The summed E-state index contributed by atoms with van der Waals surface area (Å²) in [4.78, 5) is 1.33. The molecule has 0 aliphatic heterocycles. The summed E-state index contributed by atoms with van der Waals surface area (Å²) >= 11 is 7.57. The van der Waals surface area contributed by atoms with Gasteiger partial charge in [-0.1, -0.05) is 25.4 Å². The standard InChI is InChI=1S/C11H16ClNS/c1-11(2)4-8(11)5-13-6-10-3-9(12)7-14-10/h3,7-8,13H,4-6H2,1-2H3. The van der Waals surface area contributed by atoms with Crippen LogP contribution in [0.15, 0.2) is 11.4 Å². The van der Waals surface area contributed by atoms with Crippen LogP contribution >= 0.6 is 22.9 Å². The van der Waals surface area contributed by atoms with E-state index in [4.69, 9.17) is 11.6 Å². The molecular weight excluding hydrogens is 214 g/mol. The van der Waals surface area contributed by atoms with Crippen LogP contribution in [-0.2, 0) is 6.54 Å². The molecule has 1 fully saturated rings. The molecule has 1 aromatic rings. The van der Waals surface area contributed by atoms with Gasteiger partial charge in [0.05, 0.1) is 5.02 Å². The summed E-state index contributed by atoms with van der Waals surface area (Å²) in [5.41, 5.74) is 0.583. The highest BCUT2D eigenvalue weighted by atomic mass is 35.5. The molecule has 1 atom stereocenters. The monoisotopic (exact) mass is 229 g/mol. The lowest BCUT2D eigenvalue weighted by Gasteiger charge is -2.04. The topological polar surface area (TPSA) is 12.0 Å². The van der Waals surface area contributed by atoms with Crippen LogP contribution in [0.25, 0.3) is 0 Å². The van der Waals surface area contributed by atoms with E-state index in [2.05, 4.69) is 19.2 Å². The minimum absolute atomic E-state index is 0.583. The molecule has 1 aliphatic rings. The first-order chi connectivity index (χ1) is 6.58. The van der Waals surface area contributed by atoms with E-state index in [1.165, 1.54) is 11.3 Å². The van der Waals surface area contributed by atoms with Crippen molar-refractivity contribution in [2.45, 2.75) is 26.8 Å². The first kappa shape index (κ1) is 10.5. The lowest BCUT2D eigenvalue weighted by Crippen LogP contribution is -2.17. The van der Waals surface area contributed by atoms with Crippen molar-refractivity contribution >= 4 is 22.9 Å². The van der Waals surface area contributed by atoms with Crippen molar-refractivity contribution in [3.63, 3.8) is 0 Å². The number of halogens is 1. The molecule has 2 rings (SSSR count). The van der Waals surface area contributed by atoms with Crippen molar-refractivity contribution in [1.82, 2.24) is 5.32 Å². The largest absolute Gasteiger partial charge is 0.312 e. The van der Waals surface area contributed by atoms with Crippen molar-refractivity contribution in [2.75, 3.05) is 6.54 Å². The van der Waals surface area contributed by atoms with Gasteiger partial charge in [-0.2, -0.15) is 0 Å². The Morgan fingerprint density at radius 3 is 2.86 bits per heavy atom. The summed E-state index contributed by atoms with van der Waals surface area (Å²) in [6, 6.07) is 2.04. The van der Waals surface area contributed by atoms with Crippen molar-refractivity contribution in [1.29, 1.82) is 0 Å². The third-order valence-electron chi connectivity index (χ3n) is 3.03. The molecule has 78 valence electrons. The van der Waals surface area contributed by atoms with Gasteiger partial charge in [0.25, 0.3) is 0 Å². The third-order valence-corrected chi connectivity index (χ3v) is 4.31. The summed E-state index contributed by atoms with van der Waals surface area (Å²) < 4.78 is 0. The van der Waals surface area contributed by atoms with Crippen LogP contribution in [0.5, 0.6) is 0 Å². The smallest absolute Gasteiger partial charge is 0.0516 e. The Kier molecular flexibility index (Phi) is 2.87. The van der Waals surface area contributed by atoms with E-state index in [-0.39, 0.29) is 0 Å². The van der Waals surface area contributed by atoms with Gasteiger partial charge in [0.15, 0.2) is 0 Å². The number of thiophene rings is 1. The fourth-order valence-corrected chi connectivity index (χ4v) is 2.78. The normalized spacial score (nSPS) is 23.8. The van der Waals surface area contributed by atoms with E-state index in [0.29, 0.717) is 5.41 Å². The highest BCUT2D eigenvalue weighted by Crippen LogP contribution is 2.50.